The first-order chi connectivity index (χ1) is 15.5. The van der Waals surface area contributed by atoms with Crippen LogP contribution in [0.25, 0.3) is 16.8 Å². The van der Waals surface area contributed by atoms with Gasteiger partial charge >= 0.3 is 0 Å². The van der Waals surface area contributed by atoms with Crippen LogP contribution in [0.1, 0.15) is 43.1 Å². The van der Waals surface area contributed by atoms with Gasteiger partial charge < -0.3 is 15.4 Å². The van der Waals surface area contributed by atoms with Crippen LogP contribution in [0.15, 0.2) is 30.6 Å². The van der Waals surface area contributed by atoms with Crippen LogP contribution < -0.4 is 10.5 Å². The maximum atomic E-state index is 6.06. The average Bonchev–Trinajstić information content (AvgIpc) is 3.21. The third kappa shape index (κ3) is 3.84. The average molecular weight is 435 g/mol. The molecule has 2 aliphatic rings. The number of aryl methyl sites for hydroxylation is 1. The van der Waals surface area contributed by atoms with Gasteiger partial charge in [0.05, 0.1) is 29.7 Å². The molecule has 2 aromatic heterocycles. The third-order valence-corrected chi connectivity index (χ3v) is 7.39. The van der Waals surface area contributed by atoms with Gasteiger partial charge in [0.25, 0.3) is 0 Å². The van der Waals surface area contributed by atoms with E-state index < -0.39 is 0 Å². The van der Waals surface area contributed by atoms with Crippen LogP contribution in [0.4, 0.5) is 5.69 Å². The summed E-state index contributed by atoms with van der Waals surface area (Å²) in [5.74, 6) is 2.31. The molecule has 3 heterocycles. The summed E-state index contributed by atoms with van der Waals surface area (Å²) in [5, 5.41) is 0. The largest absolute Gasteiger partial charge is 0.495 e. The van der Waals surface area contributed by atoms with Crippen molar-refractivity contribution in [1.29, 1.82) is 0 Å². The lowest BCUT2D eigenvalue weighted by Crippen LogP contribution is -2.49. The highest BCUT2D eigenvalue weighted by Crippen LogP contribution is 2.38. The molecule has 0 radical (unpaired) electrons. The van der Waals surface area contributed by atoms with E-state index in [-0.39, 0.29) is 0 Å². The molecule has 2 fully saturated rings. The molecule has 170 valence electrons. The number of rotatable bonds is 4. The molecular formula is C25H34N6O. The summed E-state index contributed by atoms with van der Waals surface area (Å²) in [5.41, 5.74) is 10.7. The van der Waals surface area contributed by atoms with E-state index in [9.17, 15) is 0 Å². The monoisotopic (exact) mass is 434 g/mol. The van der Waals surface area contributed by atoms with Gasteiger partial charge in [0.2, 0.25) is 0 Å². The highest BCUT2D eigenvalue weighted by molar-refractivity contribution is 5.81. The maximum absolute atomic E-state index is 6.06. The van der Waals surface area contributed by atoms with Gasteiger partial charge in [-0.1, -0.05) is 6.07 Å². The number of nitrogen functional groups attached to an aromatic ring is 1. The van der Waals surface area contributed by atoms with E-state index in [1.165, 1.54) is 51.9 Å². The summed E-state index contributed by atoms with van der Waals surface area (Å²) < 4.78 is 7.73. The number of imidazole rings is 1. The summed E-state index contributed by atoms with van der Waals surface area (Å²) in [6.07, 6.45) is 8.81. The standard InChI is InChI=1S/C25H34N6O/c1-17-24-23(19-6-9-21(26)22(16-19)32-3)28-25(31(24)11-10-27-17)18-4-7-20(8-5-18)30-14-12-29(2)13-15-30/h6,9-11,16,18,20H,4-5,7-8,12-15,26H2,1-3H3. The minimum absolute atomic E-state index is 0.470. The normalized spacial score (nSPS) is 23.0. The number of nitrogens with zero attached hydrogens (tertiary/aromatic N) is 5. The number of fused-ring (bicyclic) bond motifs is 1. The van der Waals surface area contributed by atoms with E-state index in [1.54, 1.807) is 7.11 Å². The number of aromatic nitrogens is 3. The summed E-state index contributed by atoms with van der Waals surface area (Å²) in [6, 6.07) is 6.63. The zero-order chi connectivity index (χ0) is 22.2. The Labute approximate surface area is 190 Å². The summed E-state index contributed by atoms with van der Waals surface area (Å²) in [7, 11) is 3.88. The fraction of sp³-hybridized carbons (Fsp3) is 0.520. The molecule has 0 spiro atoms. The zero-order valence-corrected chi connectivity index (χ0v) is 19.4. The second-order valence-corrected chi connectivity index (χ2v) is 9.35. The quantitative estimate of drug-likeness (QED) is 0.633. The highest BCUT2D eigenvalue weighted by atomic mass is 16.5. The first kappa shape index (κ1) is 21.2. The second kappa shape index (κ2) is 8.71. The van der Waals surface area contributed by atoms with Crippen LogP contribution in [-0.2, 0) is 0 Å². The van der Waals surface area contributed by atoms with Crippen molar-refractivity contribution >= 4 is 11.2 Å². The van der Waals surface area contributed by atoms with Crippen molar-refractivity contribution in [2.75, 3.05) is 46.1 Å². The Morgan fingerprint density at radius 2 is 1.81 bits per heavy atom. The van der Waals surface area contributed by atoms with Crippen LogP contribution >= 0.6 is 0 Å². The number of methoxy groups -OCH3 is 1. The lowest BCUT2D eigenvalue weighted by molar-refractivity contribution is 0.0872. The van der Waals surface area contributed by atoms with Crippen molar-refractivity contribution in [3.05, 3.63) is 42.1 Å². The Hall–Kier alpha value is -2.64. The Morgan fingerprint density at radius 1 is 1.06 bits per heavy atom. The van der Waals surface area contributed by atoms with Gasteiger partial charge in [-0.3, -0.25) is 14.3 Å². The SMILES string of the molecule is COc1cc(-c2nc(C3CCC(N4CCN(C)CC4)CC3)n3ccnc(C)c23)ccc1N. The first-order valence-corrected chi connectivity index (χ1v) is 11.7. The Kier molecular flexibility index (Phi) is 5.78. The molecule has 7 nitrogen and oxygen atoms in total. The second-order valence-electron chi connectivity index (χ2n) is 9.35. The predicted octanol–water partition coefficient (Wildman–Crippen LogP) is 3.57. The van der Waals surface area contributed by atoms with Gasteiger partial charge in [-0.25, -0.2) is 4.98 Å². The van der Waals surface area contributed by atoms with Crippen LogP contribution in [0.5, 0.6) is 5.75 Å². The lowest BCUT2D eigenvalue weighted by Gasteiger charge is -2.41. The molecule has 32 heavy (non-hydrogen) atoms. The van der Waals surface area contributed by atoms with E-state index in [2.05, 4.69) is 39.4 Å². The van der Waals surface area contributed by atoms with E-state index in [0.29, 0.717) is 17.4 Å². The lowest BCUT2D eigenvalue weighted by atomic mass is 9.84. The smallest absolute Gasteiger partial charge is 0.142 e. The molecule has 1 saturated carbocycles. The summed E-state index contributed by atoms with van der Waals surface area (Å²) >= 11 is 0. The van der Waals surface area contributed by atoms with Crippen molar-refractivity contribution in [3.63, 3.8) is 0 Å². The Morgan fingerprint density at radius 3 is 2.53 bits per heavy atom. The fourth-order valence-corrected chi connectivity index (χ4v) is 5.45. The minimum Gasteiger partial charge on any atom is -0.495 e. The highest BCUT2D eigenvalue weighted by Gasteiger charge is 2.31. The number of ether oxygens (including phenoxy) is 1. The number of hydrogen-bond donors (Lipinski definition) is 1. The topological polar surface area (TPSA) is 71.9 Å². The van der Waals surface area contributed by atoms with Gasteiger partial charge in [0.15, 0.2) is 0 Å². The summed E-state index contributed by atoms with van der Waals surface area (Å²) in [6.45, 7) is 6.83. The number of likely N-dealkylation sites (N-methyl/N-ethyl adjacent to an activating group) is 1. The Bertz CT molecular complexity index is 1090. The van der Waals surface area contributed by atoms with E-state index >= 15 is 0 Å². The maximum Gasteiger partial charge on any atom is 0.142 e. The van der Waals surface area contributed by atoms with Crippen molar-refractivity contribution in [2.45, 2.75) is 44.6 Å². The molecule has 5 rings (SSSR count). The number of anilines is 1. The molecule has 0 unspecified atom stereocenters. The molecule has 0 bridgehead atoms. The number of hydrogen-bond acceptors (Lipinski definition) is 6. The van der Waals surface area contributed by atoms with Crippen LogP contribution in [0, 0.1) is 6.92 Å². The molecule has 1 saturated heterocycles. The van der Waals surface area contributed by atoms with Gasteiger partial charge in [0.1, 0.15) is 11.6 Å². The van der Waals surface area contributed by atoms with E-state index in [0.717, 1.165) is 34.3 Å². The van der Waals surface area contributed by atoms with Crippen LogP contribution in [0.3, 0.4) is 0 Å². The number of benzene rings is 1. The molecule has 1 aliphatic heterocycles. The molecule has 3 aromatic rings. The van der Waals surface area contributed by atoms with Crippen molar-refractivity contribution < 1.29 is 4.74 Å². The third-order valence-electron chi connectivity index (χ3n) is 7.39. The van der Waals surface area contributed by atoms with Gasteiger partial charge in [-0.05, 0) is 51.8 Å². The minimum atomic E-state index is 0.470. The van der Waals surface area contributed by atoms with E-state index in [1.807, 2.05) is 24.4 Å². The van der Waals surface area contributed by atoms with Crippen molar-refractivity contribution in [2.24, 2.45) is 0 Å². The molecule has 0 atom stereocenters. The predicted molar refractivity (Wildman–Crippen MR) is 128 cm³/mol. The molecule has 7 heteroatoms. The van der Waals surface area contributed by atoms with Crippen LogP contribution in [-0.4, -0.2) is 70.5 Å². The van der Waals surface area contributed by atoms with Crippen molar-refractivity contribution in [3.8, 4) is 17.0 Å². The number of nitrogens with two attached hydrogens (primary N) is 1. The molecule has 1 aromatic carbocycles. The molecule has 2 N–H and O–H groups in total. The van der Waals surface area contributed by atoms with Crippen LogP contribution in [0.2, 0.25) is 0 Å². The molecular weight excluding hydrogens is 400 g/mol. The van der Waals surface area contributed by atoms with Crippen molar-refractivity contribution in [1.82, 2.24) is 24.2 Å². The number of piperazine rings is 1. The fourth-order valence-electron chi connectivity index (χ4n) is 5.45. The van der Waals surface area contributed by atoms with E-state index in [4.69, 9.17) is 15.5 Å². The zero-order valence-electron chi connectivity index (χ0n) is 19.4. The molecule has 1 aliphatic carbocycles. The van der Waals surface area contributed by atoms with Gasteiger partial charge in [-0.2, -0.15) is 0 Å². The first-order valence-electron chi connectivity index (χ1n) is 11.7. The van der Waals surface area contributed by atoms with Gasteiger partial charge in [-0.15, -0.1) is 0 Å². The van der Waals surface area contributed by atoms with Gasteiger partial charge in [0, 0.05) is 56.1 Å². The molecule has 0 amide bonds. The Balaban J connectivity index is 1.44. The summed E-state index contributed by atoms with van der Waals surface area (Å²) in [4.78, 5) is 14.9.